The van der Waals surface area contributed by atoms with Crippen molar-refractivity contribution < 1.29 is 23.5 Å². The molecular formula is C19H25F2N3O3. The normalized spacial score (nSPS) is 20.4. The van der Waals surface area contributed by atoms with Crippen LogP contribution in [0.3, 0.4) is 0 Å². The third-order valence-corrected chi connectivity index (χ3v) is 5.56. The van der Waals surface area contributed by atoms with E-state index in [0.717, 1.165) is 6.07 Å². The number of hydrogen-bond acceptors (Lipinski definition) is 4. The van der Waals surface area contributed by atoms with Gasteiger partial charge in [-0.3, -0.25) is 9.59 Å². The second kappa shape index (κ2) is 7.90. The maximum absolute atomic E-state index is 13.4. The first kappa shape index (κ1) is 19.7. The van der Waals surface area contributed by atoms with Gasteiger partial charge in [0.2, 0.25) is 11.8 Å². The molecule has 1 spiro atoms. The number of hydrogen-bond donors (Lipinski definition) is 2. The second-order valence-electron chi connectivity index (χ2n) is 7.68. The zero-order valence-corrected chi connectivity index (χ0v) is 15.2. The number of halogens is 2. The van der Waals surface area contributed by atoms with Crippen molar-refractivity contribution in [1.82, 2.24) is 9.80 Å². The topological polar surface area (TPSA) is 86.9 Å². The van der Waals surface area contributed by atoms with E-state index < -0.39 is 17.7 Å². The first-order valence-electron chi connectivity index (χ1n) is 9.19. The first-order chi connectivity index (χ1) is 12.8. The number of carbonyl (C=O) groups excluding carboxylic acids is 2. The minimum atomic E-state index is -0.830. The Morgan fingerprint density at radius 3 is 2.44 bits per heavy atom. The zero-order valence-electron chi connectivity index (χ0n) is 15.2. The van der Waals surface area contributed by atoms with Crippen molar-refractivity contribution in [2.24, 2.45) is 11.1 Å². The highest BCUT2D eigenvalue weighted by Crippen LogP contribution is 2.41. The van der Waals surface area contributed by atoms with Crippen molar-refractivity contribution in [3.8, 4) is 0 Å². The van der Waals surface area contributed by atoms with Gasteiger partial charge in [0.05, 0.1) is 12.5 Å². The third kappa shape index (κ3) is 4.62. The number of rotatable bonds is 5. The maximum atomic E-state index is 13.4. The van der Waals surface area contributed by atoms with Crippen LogP contribution in [0.4, 0.5) is 8.78 Å². The smallest absolute Gasteiger partial charge is 0.225 e. The van der Waals surface area contributed by atoms with Gasteiger partial charge in [-0.25, -0.2) is 8.78 Å². The lowest BCUT2D eigenvalue weighted by atomic mass is 9.77. The van der Waals surface area contributed by atoms with Gasteiger partial charge in [0.25, 0.3) is 0 Å². The summed E-state index contributed by atoms with van der Waals surface area (Å²) in [5.74, 6) is -1.46. The number of benzene rings is 1. The number of amides is 2. The van der Waals surface area contributed by atoms with Crippen LogP contribution >= 0.6 is 0 Å². The SMILES string of the molecule is NC[C@H](O)CC(=O)N1CCC2(CC1)CC(=O)N(Cc1cc(F)cc(F)c1)C2. The maximum Gasteiger partial charge on any atom is 0.225 e. The fourth-order valence-electron chi connectivity index (χ4n) is 4.03. The average molecular weight is 381 g/mol. The van der Waals surface area contributed by atoms with Gasteiger partial charge in [-0.2, -0.15) is 0 Å². The van der Waals surface area contributed by atoms with Crippen LogP contribution in [0.5, 0.6) is 0 Å². The van der Waals surface area contributed by atoms with Crippen molar-refractivity contribution in [2.75, 3.05) is 26.2 Å². The van der Waals surface area contributed by atoms with Crippen LogP contribution in [0, 0.1) is 17.0 Å². The third-order valence-electron chi connectivity index (χ3n) is 5.56. The van der Waals surface area contributed by atoms with Crippen LogP contribution < -0.4 is 5.73 Å². The molecule has 1 atom stereocenters. The Hall–Kier alpha value is -2.06. The summed E-state index contributed by atoms with van der Waals surface area (Å²) in [5, 5.41) is 9.54. The van der Waals surface area contributed by atoms with Gasteiger partial charge in [0.15, 0.2) is 0 Å². The fraction of sp³-hybridized carbons (Fsp3) is 0.579. The molecular weight excluding hydrogens is 356 g/mol. The monoisotopic (exact) mass is 381 g/mol. The van der Waals surface area contributed by atoms with E-state index in [9.17, 15) is 23.5 Å². The van der Waals surface area contributed by atoms with E-state index in [-0.39, 0.29) is 36.7 Å². The summed E-state index contributed by atoms with van der Waals surface area (Å²) < 4.78 is 26.8. The first-order valence-corrected chi connectivity index (χ1v) is 9.19. The van der Waals surface area contributed by atoms with Crippen LogP contribution in [0.25, 0.3) is 0 Å². The van der Waals surface area contributed by atoms with Crippen LogP contribution in [0.1, 0.15) is 31.2 Å². The number of nitrogens with zero attached hydrogens (tertiary/aromatic N) is 2. The van der Waals surface area contributed by atoms with E-state index in [4.69, 9.17) is 5.73 Å². The molecule has 2 fully saturated rings. The molecule has 148 valence electrons. The van der Waals surface area contributed by atoms with Crippen molar-refractivity contribution in [1.29, 1.82) is 0 Å². The molecule has 3 rings (SSSR count). The van der Waals surface area contributed by atoms with E-state index in [2.05, 4.69) is 0 Å². The van der Waals surface area contributed by atoms with Crippen molar-refractivity contribution in [3.63, 3.8) is 0 Å². The molecule has 1 aromatic carbocycles. The average Bonchev–Trinajstić information content (AvgIpc) is 2.89. The highest BCUT2D eigenvalue weighted by atomic mass is 19.1. The number of aliphatic hydroxyl groups excluding tert-OH is 1. The summed E-state index contributed by atoms with van der Waals surface area (Å²) in [5.41, 5.74) is 5.58. The minimum Gasteiger partial charge on any atom is -0.391 e. The van der Waals surface area contributed by atoms with Crippen LogP contribution in [-0.2, 0) is 16.1 Å². The standard InChI is InChI=1S/C19H25F2N3O3/c20-14-5-13(6-15(21)7-14)11-24-12-19(9-18(24)27)1-3-23(4-2-19)17(26)8-16(25)10-22/h5-7,16,25H,1-4,8-12,22H2/t16-/m1/s1. The lowest BCUT2D eigenvalue weighted by Gasteiger charge is -2.39. The molecule has 0 aromatic heterocycles. The van der Waals surface area contributed by atoms with Crippen molar-refractivity contribution in [3.05, 3.63) is 35.4 Å². The Morgan fingerprint density at radius 1 is 1.22 bits per heavy atom. The van der Waals surface area contributed by atoms with E-state index in [1.165, 1.54) is 12.1 Å². The Balaban J connectivity index is 1.58. The van der Waals surface area contributed by atoms with E-state index in [1.54, 1.807) is 9.80 Å². The number of carbonyl (C=O) groups is 2. The lowest BCUT2D eigenvalue weighted by molar-refractivity contribution is -0.135. The van der Waals surface area contributed by atoms with Crippen molar-refractivity contribution in [2.45, 2.75) is 38.3 Å². The van der Waals surface area contributed by atoms with Crippen molar-refractivity contribution >= 4 is 11.8 Å². The Labute approximate surface area is 156 Å². The molecule has 8 heteroatoms. The highest BCUT2D eigenvalue weighted by Gasteiger charge is 2.45. The zero-order chi connectivity index (χ0) is 19.6. The van der Waals surface area contributed by atoms with Gasteiger partial charge in [-0.1, -0.05) is 0 Å². The summed E-state index contributed by atoms with van der Waals surface area (Å²) in [6, 6.07) is 3.29. The van der Waals surface area contributed by atoms with Gasteiger partial charge in [-0.05, 0) is 30.5 Å². The summed E-state index contributed by atoms with van der Waals surface area (Å²) >= 11 is 0. The molecule has 3 N–H and O–H groups in total. The van der Waals surface area contributed by atoms with Gasteiger partial charge >= 0.3 is 0 Å². The van der Waals surface area contributed by atoms with Crippen LogP contribution in [-0.4, -0.2) is 59.0 Å². The van der Waals surface area contributed by atoms with Crippen LogP contribution in [0.15, 0.2) is 18.2 Å². The predicted molar refractivity (Wildman–Crippen MR) is 94.3 cm³/mol. The molecule has 0 saturated carbocycles. The summed E-state index contributed by atoms with van der Waals surface area (Å²) in [7, 11) is 0. The summed E-state index contributed by atoms with van der Waals surface area (Å²) in [6.07, 6.45) is 0.954. The molecule has 0 aliphatic carbocycles. The molecule has 6 nitrogen and oxygen atoms in total. The van der Waals surface area contributed by atoms with Gasteiger partial charge in [-0.15, -0.1) is 0 Å². The van der Waals surface area contributed by atoms with E-state index in [1.807, 2.05) is 0 Å². The Kier molecular flexibility index (Phi) is 5.76. The minimum absolute atomic E-state index is 0.0136. The van der Waals surface area contributed by atoms with E-state index in [0.29, 0.717) is 44.5 Å². The number of piperidine rings is 1. The molecule has 2 amide bonds. The highest BCUT2D eigenvalue weighted by molar-refractivity contribution is 5.80. The number of nitrogens with two attached hydrogens (primary N) is 1. The molecule has 0 radical (unpaired) electrons. The van der Waals surface area contributed by atoms with Gasteiger partial charge in [0.1, 0.15) is 11.6 Å². The van der Waals surface area contributed by atoms with Crippen LogP contribution in [0.2, 0.25) is 0 Å². The molecule has 2 aliphatic heterocycles. The molecule has 27 heavy (non-hydrogen) atoms. The van der Waals surface area contributed by atoms with Gasteiger partial charge in [0, 0.05) is 50.6 Å². The second-order valence-corrected chi connectivity index (χ2v) is 7.68. The summed E-state index contributed by atoms with van der Waals surface area (Å²) in [6.45, 7) is 1.82. The molecule has 2 saturated heterocycles. The summed E-state index contributed by atoms with van der Waals surface area (Å²) in [4.78, 5) is 27.9. The number of likely N-dealkylation sites (tertiary alicyclic amines) is 2. The van der Waals surface area contributed by atoms with E-state index >= 15 is 0 Å². The number of aliphatic hydroxyl groups is 1. The molecule has 0 unspecified atom stereocenters. The quantitative estimate of drug-likeness (QED) is 0.797. The largest absolute Gasteiger partial charge is 0.391 e. The molecule has 0 bridgehead atoms. The predicted octanol–water partition coefficient (Wildman–Crippen LogP) is 1.02. The molecule has 2 aliphatic rings. The molecule has 2 heterocycles. The lowest BCUT2D eigenvalue weighted by Crippen LogP contribution is -2.45. The Bertz CT molecular complexity index is 700. The molecule has 1 aromatic rings. The Morgan fingerprint density at radius 2 is 1.85 bits per heavy atom. The fourth-order valence-corrected chi connectivity index (χ4v) is 4.03. The van der Waals surface area contributed by atoms with Gasteiger partial charge < -0.3 is 20.6 Å².